The first-order valence-corrected chi connectivity index (χ1v) is 7.25. The third-order valence-corrected chi connectivity index (χ3v) is 5.22. The Morgan fingerprint density at radius 2 is 2.18 bits per heavy atom. The Bertz CT molecular complexity index is 273. The maximum absolute atomic E-state index is 5.90. The molecule has 3 saturated heterocycles. The predicted octanol–water partition coefficient (Wildman–Crippen LogP) is 1.49. The minimum Gasteiger partial charge on any atom is -0.377 e. The lowest BCUT2D eigenvalue weighted by Gasteiger charge is -2.38. The van der Waals surface area contributed by atoms with Crippen LogP contribution in [-0.2, 0) is 4.74 Å². The summed E-state index contributed by atoms with van der Waals surface area (Å²) in [5, 5.41) is 3.55. The van der Waals surface area contributed by atoms with Crippen LogP contribution in [0.15, 0.2) is 0 Å². The molecule has 0 amide bonds. The number of fused-ring (bicyclic) bond motifs is 1. The zero-order valence-electron chi connectivity index (χ0n) is 11.2. The lowest BCUT2D eigenvalue weighted by Crippen LogP contribution is -2.48. The summed E-state index contributed by atoms with van der Waals surface area (Å²) in [5.74, 6) is 1.71. The van der Waals surface area contributed by atoms with Gasteiger partial charge in [-0.2, -0.15) is 0 Å². The molecule has 17 heavy (non-hydrogen) atoms. The summed E-state index contributed by atoms with van der Waals surface area (Å²) in [5.41, 5.74) is 0.356. The van der Waals surface area contributed by atoms with Gasteiger partial charge in [-0.05, 0) is 51.5 Å². The van der Waals surface area contributed by atoms with Gasteiger partial charge in [-0.25, -0.2) is 0 Å². The first kappa shape index (κ1) is 11.9. The number of nitrogens with zero attached hydrogens (tertiary/aromatic N) is 1. The summed E-state index contributed by atoms with van der Waals surface area (Å²) in [6, 6.07) is 0. The zero-order chi connectivity index (χ0) is 11.9. The van der Waals surface area contributed by atoms with Crippen molar-refractivity contribution in [2.24, 2.45) is 11.8 Å². The zero-order valence-corrected chi connectivity index (χ0v) is 11.2. The Morgan fingerprint density at radius 3 is 2.88 bits per heavy atom. The van der Waals surface area contributed by atoms with Crippen LogP contribution in [0.25, 0.3) is 0 Å². The molecule has 3 rings (SSSR count). The van der Waals surface area contributed by atoms with Crippen molar-refractivity contribution in [3.8, 4) is 0 Å². The van der Waals surface area contributed by atoms with Crippen molar-refractivity contribution in [1.82, 2.24) is 10.2 Å². The van der Waals surface area contributed by atoms with E-state index in [0.717, 1.165) is 25.0 Å². The van der Waals surface area contributed by atoms with Crippen LogP contribution in [0.4, 0.5) is 0 Å². The van der Waals surface area contributed by atoms with Gasteiger partial charge in [0.25, 0.3) is 0 Å². The fourth-order valence-electron chi connectivity index (χ4n) is 4.01. The van der Waals surface area contributed by atoms with Gasteiger partial charge in [-0.1, -0.05) is 0 Å². The average Bonchev–Trinajstić information content (AvgIpc) is 2.85. The van der Waals surface area contributed by atoms with Gasteiger partial charge in [-0.15, -0.1) is 0 Å². The van der Waals surface area contributed by atoms with Crippen molar-refractivity contribution in [1.29, 1.82) is 0 Å². The molecule has 0 saturated carbocycles. The molecule has 0 aromatic carbocycles. The fourth-order valence-corrected chi connectivity index (χ4v) is 4.01. The molecule has 0 bridgehead atoms. The standard InChI is InChI=1S/C14H26N2O/c1-14(2)13-8-15-7-11(13)9-16(14)10-12-5-3-4-6-17-12/h11-13,15H,3-10H2,1-2H3. The second-order valence-corrected chi connectivity index (χ2v) is 6.57. The number of nitrogens with one attached hydrogen (secondary N) is 1. The molecule has 0 aromatic rings. The van der Waals surface area contributed by atoms with Crippen molar-refractivity contribution < 1.29 is 4.74 Å². The minimum absolute atomic E-state index is 0.356. The summed E-state index contributed by atoms with van der Waals surface area (Å²) in [7, 11) is 0. The van der Waals surface area contributed by atoms with Crippen molar-refractivity contribution in [2.75, 3.05) is 32.8 Å². The Hall–Kier alpha value is -0.120. The number of likely N-dealkylation sites (tertiary alicyclic amines) is 1. The number of rotatable bonds is 2. The summed E-state index contributed by atoms with van der Waals surface area (Å²) in [6.07, 6.45) is 4.37. The average molecular weight is 238 g/mol. The number of hydrogen-bond donors (Lipinski definition) is 1. The molecule has 3 heteroatoms. The molecule has 3 nitrogen and oxygen atoms in total. The highest BCUT2D eigenvalue weighted by atomic mass is 16.5. The summed E-state index contributed by atoms with van der Waals surface area (Å²) in [6.45, 7) is 10.7. The van der Waals surface area contributed by atoms with Crippen LogP contribution in [0, 0.1) is 11.8 Å². The van der Waals surface area contributed by atoms with Crippen LogP contribution in [-0.4, -0.2) is 49.3 Å². The van der Waals surface area contributed by atoms with E-state index in [1.54, 1.807) is 0 Å². The first-order chi connectivity index (χ1) is 8.18. The highest BCUT2D eigenvalue weighted by molar-refractivity contribution is 5.04. The Balaban J connectivity index is 1.63. The van der Waals surface area contributed by atoms with E-state index in [1.807, 2.05) is 0 Å². The van der Waals surface area contributed by atoms with E-state index in [9.17, 15) is 0 Å². The second kappa shape index (κ2) is 4.52. The van der Waals surface area contributed by atoms with Gasteiger partial charge < -0.3 is 10.1 Å². The van der Waals surface area contributed by atoms with Gasteiger partial charge in [0.2, 0.25) is 0 Å². The van der Waals surface area contributed by atoms with Crippen molar-refractivity contribution in [2.45, 2.75) is 44.8 Å². The SMILES string of the molecule is CC1(C)C2CNCC2CN1CC1CCCCO1. The highest BCUT2D eigenvalue weighted by Crippen LogP contribution is 2.40. The van der Waals surface area contributed by atoms with E-state index in [2.05, 4.69) is 24.1 Å². The maximum Gasteiger partial charge on any atom is 0.0702 e. The van der Waals surface area contributed by atoms with Crippen LogP contribution in [0.3, 0.4) is 0 Å². The van der Waals surface area contributed by atoms with Crippen molar-refractivity contribution in [3.05, 3.63) is 0 Å². The molecule has 3 atom stereocenters. The molecule has 0 aliphatic carbocycles. The molecule has 98 valence electrons. The first-order valence-electron chi connectivity index (χ1n) is 7.25. The van der Waals surface area contributed by atoms with Gasteiger partial charge >= 0.3 is 0 Å². The van der Waals surface area contributed by atoms with Gasteiger partial charge in [0.05, 0.1) is 6.10 Å². The smallest absolute Gasteiger partial charge is 0.0702 e. The fraction of sp³-hybridized carbons (Fsp3) is 1.00. The molecule has 1 N–H and O–H groups in total. The monoisotopic (exact) mass is 238 g/mol. The predicted molar refractivity (Wildman–Crippen MR) is 69.1 cm³/mol. The molecular formula is C14H26N2O. The normalized spacial score (nSPS) is 41.6. The molecule has 0 aromatic heterocycles. The highest BCUT2D eigenvalue weighted by Gasteiger charge is 2.49. The van der Waals surface area contributed by atoms with Crippen LogP contribution >= 0.6 is 0 Å². The quantitative estimate of drug-likeness (QED) is 0.789. The summed E-state index contributed by atoms with van der Waals surface area (Å²) < 4.78 is 5.90. The minimum atomic E-state index is 0.356. The molecule has 3 fully saturated rings. The van der Waals surface area contributed by atoms with E-state index >= 15 is 0 Å². The molecule has 0 spiro atoms. The lowest BCUT2D eigenvalue weighted by atomic mass is 9.85. The third kappa shape index (κ3) is 2.13. The van der Waals surface area contributed by atoms with Crippen molar-refractivity contribution >= 4 is 0 Å². The van der Waals surface area contributed by atoms with E-state index in [-0.39, 0.29) is 0 Å². The van der Waals surface area contributed by atoms with Gasteiger partial charge in [-0.3, -0.25) is 4.90 Å². The number of ether oxygens (including phenoxy) is 1. The Labute approximate surface area is 105 Å². The molecule has 3 aliphatic rings. The van der Waals surface area contributed by atoms with Crippen LogP contribution in [0.5, 0.6) is 0 Å². The molecule has 3 unspecified atom stereocenters. The Kier molecular flexibility index (Phi) is 3.18. The maximum atomic E-state index is 5.90. The van der Waals surface area contributed by atoms with Crippen LogP contribution < -0.4 is 5.32 Å². The lowest BCUT2D eigenvalue weighted by molar-refractivity contribution is -0.0204. The van der Waals surface area contributed by atoms with E-state index in [0.29, 0.717) is 11.6 Å². The van der Waals surface area contributed by atoms with Crippen molar-refractivity contribution in [3.63, 3.8) is 0 Å². The second-order valence-electron chi connectivity index (χ2n) is 6.57. The topological polar surface area (TPSA) is 24.5 Å². The molecule has 0 radical (unpaired) electrons. The molecule has 3 aliphatic heterocycles. The van der Waals surface area contributed by atoms with Gasteiger partial charge in [0, 0.05) is 31.8 Å². The van der Waals surface area contributed by atoms with Crippen LogP contribution in [0.1, 0.15) is 33.1 Å². The summed E-state index contributed by atoms with van der Waals surface area (Å²) >= 11 is 0. The number of hydrogen-bond acceptors (Lipinski definition) is 3. The Morgan fingerprint density at radius 1 is 1.29 bits per heavy atom. The van der Waals surface area contributed by atoms with E-state index in [1.165, 1.54) is 38.9 Å². The molecular weight excluding hydrogens is 212 g/mol. The van der Waals surface area contributed by atoms with Crippen LogP contribution in [0.2, 0.25) is 0 Å². The van der Waals surface area contributed by atoms with Gasteiger partial charge in [0.15, 0.2) is 0 Å². The summed E-state index contributed by atoms with van der Waals surface area (Å²) in [4.78, 5) is 2.69. The third-order valence-electron chi connectivity index (χ3n) is 5.22. The van der Waals surface area contributed by atoms with E-state index < -0.39 is 0 Å². The van der Waals surface area contributed by atoms with Gasteiger partial charge in [0.1, 0.15) is 0 Å². The molecule has 3 heterocycles. The van der Waals surface area contributed by atoms with E-state index in [4.69, 9.17) is 4.74 Å². The largest absolute Gasteiger partial charge is 0.377 e.